The SMILES string of the molecule is Cc1ccc(S(C)(=O)=O)cc1C(=O)Nc1nc2ccc(Oc3ccccc3)cc2s1. The Morgan fingerprint density at radius 2 is 1.77 bits per heavy atom. The number of para-hydroxylation sites is 1. The molecule has 1 N–H and O–H groups in total. The largest absolute Gasteiger partial charge is 0.457 e. The molecule has 0 atom stereocenters. The van der Waals surface area contributed by atoms with E-state index in [1.807, 2.05) is 48.5 Å². The number of fused-ring (bicyclic) bond motifs is 1. The summed E-state index contributed by atoms with van der Waals surface area (Å²) >= 11 is 1.32. The van der Waals surface area contributed by atoms with Gasteiger partial charge in [-0.25, -0.2) is 13.4 Å². The maximum Gasteiger partial charge on any atom is 0.257 e. The maximum absolute atomic E-state index is 12.7. The Balaban J connectivity index is 1.58. The molecule has 0 spiro atoms. The third-order valence-corrected chi connectivity index (χ3v) is 6.48. The minimum atomic E-state index is -3.41. The Hall–Kier alpha value is -3.23. The van der Waals surface area contributed by atoms with E-state index < -0.39 is 15.7 Å². The van der Waals surface area contributed by atoms with Crippen molar-refractivity contribution < 1.29 is 17.9 Å². The van der Waals surface area contributed by atoms with Crippen LogP contribution >= 0.6 is 11.3 Å². The molecular formula is C22H18N2O4S2. The van der Waals surface area contributed by atoms with E-state index >= 15 is 0 Å². The van der Waals surface area contributed by atoms with Crippen LogP contribution in [0, 0.1) is 6.92 Å². The normalized spacial score (nSPS) is 11.4. The lowest BCUT2D eigenvalue weighted by atomic mass is 10.1. The van der Waals surface area contributed by atoms with Gasteiger partial charge in [-0.15, -0.1) is 0 Å². The van der Waals surface area contributed by atoms with E-state index in [1.165, 1.54) is 23.5 Å². The average Bonchev–Trinajstić information content (AvgIpc) is 3.09. The van der Waals surface area contributed by atoms with E-state index in [1.54, 1.807) is 13.0 Å². The minimum Gasteiger partial charge on any atom is -0.457 e. The average molecular weight is 439 g/mol. The second-order valence-corrected chi connectivity index (χ2v) is 9.81. The molecule has 0 aliphatic rings. The molecule has 0 fully saturated rings. The highest BCUT2D eigenvalue weighted by atomic mass is 32.2. The zero-order valence-corrected chi connectivity index (χ0v) is 17.9. The molecule has 3 aromatic carbocycles. The first-order valence-corrected chi connectivity index (χ1v) is 11.8. The minimum absolute atomic E-state index is 0.102. The van der Waals surface area contributed by atoms with Gasteiger partial charge in [-0.3, -0.25) is 10.1 Å². The number of aryl methyl sites for hydroxylation is 1. The second-order valence-electron chi connectivity index (χ2n) is 6.77. The van der Waals surface area contributed by atoms with Gasteiger partial charge in [0.25, 0.3) is 5.91 Å². The Morgan fingerprint density at radius 1 is 1.00 bits per heavy atom. The first-order chi connectivity index (χ1) is 14.3. The van der Waals surface area contributed by atoms with Crippen molar-refractivity contribution in [3.63, 3.8) is 0 Å². The number of ether oxygens (including phenoxy) is 1. The van der Waals surface area contributed by atoms with Gasteiger partial charge in [0, 0.05) is 17.9 Å². The molecule has 1 amide bonds. The smallest absolute Gasteiger partial charge is 0.257 e. The van der Waals surface area contributed by atoms with Gasteiger partial charge in [-0.2, -0.15) is 0 Å². The van der Waals surface area contributed by atoms with E-state index in [0.29, 0.717) is 22.0 Å². The summed E-state index contributed by atoms with van der Waals surface area (Å²) < 4.78 is 30.3. The van der Waals surface area contributed by atoms with Crippen LogP contribution in [-0.4, -0.2) is 25.6 Å². The molecule has 0 aliphatic heterocycles. The topological polar surface area (TPSA) is 85.4 Å². The van der Waals surface area contributed by atoms with Crippen LogP contribution in [0.5, 0.6) is 11.5 Å². The van der Waals surface area contributed by atoms with Gasteiger partial charge in [0.05, 0.1) is 15.1 Å². The van der Waals surface area contributed by atoms with Crippen molar-refractivity contribution in [3.05, 3.63) is 77.9 Å². The number of sulfone groups is 1. The van der Waals surface area contributed by atoms with Crippen LogP contribution in [0.2, 0.25) is 0 Å². The van der Waals surface area contributed by atoms with Crippen molar-refractivity contribution in [2.75, 3.05) is 11.6 Å². The first kappa shape index (κ1) is 20.1. The van der Waals surface area contributed by atoms with Crippen molar-refractivity contribution >= 4 is 42.4 Å². The monoisotopic (exact) mass is 438 g/mol. The molecular weight excluding hydrogens is 420 g/mol. The predicted octanol–water partition coefficient (Wildman–Crippen LogP) is 5.05. The number of hydrogen-bond acceptors (Lipinski definition) is 6. The number of rotatable bonds is 5. The molecule has 4 aromatic rings. The molecule has 1 heterocycles. The number of aromatic nitrogens is 1. The van der Waals surface area contributed by atoms with E-state index in [2.05, 4.69) is 10.3 Å². The van der Waals surface area contributed by atoms with Crippen LogP contribution in [0.25, 0.3) is 10.2 Å². The number of nitrogens with zero attached hydrogens (tertiary/aromatic N) is 1. The van der Waals surface area contributed by atoms with Crippen LogP contribution in [0.3, 0.4) is 0 Å². The third-order valence-electron chi connectivity index (χ3n) is 4.44. The van der Waals surface area contributed by atoms with Crippen LogP contribution in [-0.2, 0) is 9.84 Å². The van der Waals surface area contributed by atoms with Crippen molar-refractivity contribution in [2.45, 2.75) is 11.8 Å². The maximum atomic E-state index is 12.7. The zero-order valence-electron chi connectivity index (χ0n) is 16.2. The number of carbonyl (C=O) groups excluding carboxylic acids is 1. The predicted molar refractivity (Wildman–Crippen MR) is 118 cm³/mol. The molecule has 4 rings (SSSR count). The standard InChI is InChI=1S/C22H18N2O4S2/c1-14-8-10-17(30(2,26)27)13-18(14)21(25)24-22-23-19-11-9-16(12-20(19)29-22)28-15-6-4-3-5-7-15/h3-13H,1-2H3,(H,23,24,25). The van der Waals surface area contributed by atoms with Gasteiger partial charge >= 0.3 is 0 Å². The van der Waals surface area contributed by atoms with Crippen molar-refractivity contribution in [3.8, 4) is 11.5 Å². The molecule has 152 valence electrons. The lowest BCUT2D eigenvalue weighted by Gasteiger charge is -2.07. The summed E-state index contributed by atoms with van der Waals surface area (Å²) in [5.74, 6) is 1.00. The summed E-state index contributed by atoms with van der Waals surface area (Å²) in [4.78, 5) is 17.3. The van der Waals surface area contributed by atoms with Gasteiger partial charge < -0.3 is 4.74 Å². The Bertz CT molecular complexity index is 1350. The lowest BCUT2D eigenvalue weighted by Crippen LogP contribution is -2.14. The molecule has 1 aromatic heterocycles. The molecule has 30 heavy (non-hydrogen) atoms. The highest BCUT2D eigenvalue weighted by molar-refractivity contribution is 7.90. The molecule has 0 bridgehead atoms. The summed E-state index contributed by atoms with van der Waals surface area (Å²) in [5.41, 5.74) is 1.71. The zero-order chi connectivity index (χ0) is 21.3. The summed E-state index contributed by atoms with van der Waals surface area (Å²) in [6.07, 6.45) is 1.11. The number of hydrogen-bond donors (Lipinski definition) is 1. The molecule has 0 radical (unpaired) electrons. The molecule has 0 saturated carbocycles. The van der Waals surface area contributed by atoms with Gasteiger partial charge in [-0.1, -0.05) is 35.6 Å². The highest BCUT2D eigenvalue weighted by Crippen LogP contribution is 2.31. The Labute approximate surface area is 178 Å². The highest BCUT2D eigenvalue weighted by Gasteiger charge is 2.16. The summed E-state index contributed by atoms with van der Waals surface area (Å²) in [7, 11) is -3.41. The Morgan fingerprint density at radius 3 is 2.50 bits per heavy atom. The van der Waals surface area contributed by atoms with Crippen molar-refractivity contribution in [1.29, 1.82) is 0 Å². The van der Waals surface area contributed by atoms with Crippen LogP contribution in [0.4, 0.5) is 5.13 Å². The lowest BCUT2D eigenvalue weighted by molar-refractivity contribution is 0.102. The number of benzene rings is 3. The number of carbonyl (C=O) groups is 1. The van der Waals surface area contributed by atoms with E-state index in [-0.39, 0.29) is 4.90 Å². The number of nitrogens with one attached hydrogen (secondary N) is 1. The van der Waals surface area contributed by atoms with Crippen molar-refractivity contribution in [1.82, 2.24) is 4.98 Å². The van der Waals surface area contributed by atoms with Crippen LogP contribution < -0.4 is 10.1 Å². The number of amides is 1. The molecule has 6 nitrogen and oxygen atoms in total. The number of anilines is 1. The van der Waals surface area contributed by atoms with E-state index in [4.69, 9.17) is 4.74 Å². The van der Waals surface area contributed by atoms with Gasteiger partial charge in [0.1, 0.15) is 11.5 Å². The molecule has 0 saturated heterocycles. The van der Waals surface area contributed by atoms with Crippen molar-refractivity contribution in [2.24, 2.45) is 0 Å². The van der Waals surface area contributed by atoms with Crippen LogP contribution in [0.1, 0.15) is 15.9 Å². The molecule has 0 aliphatic carbocycles. The van der Waals surface area contributed by atoms with Gasteiger partial charge in [0.2, 0.25) is 0 Å². The fraction of sp³-hybridized carbons (Fsp3) is 0.0909. The Kier molecular flexibility index (Phi) is 5.27. The second kappa shape index (κ2) is 7.89. The summed E-state index contributed by atoms with van der Waals surface area (Å²) in [5, 5.41) is 3.20. The fourth-order valence-electron chi connectivity index (χ4n) is 2.89. The summed E-state index contributed by atoms with van der Waals surface area (Å²) in [6.45, 7) is 1.76. The van der Waals surface area contributed by atoms with Gasteiger partial charge in [0.15, 0.2) is 15.0 Å². The third kappa shape index (κ3) is 4.34. The van der Waals surface area contributed by atoms with Gasteiger partial charge in [-0.05, 0) is 48.9 Å². The van der Waals surface area contributed by atoms with E-state index in [0.717, 1.165) is 22.2 Å². The van der Waals surface area contributed by atoms with Crippen LogP contribution in [0.15, 0.2) is 71.6 Å². The first-order valence-electron chi connectivity index (χ1n) is 9.05. The van der Waals surface area contributed by atoms with E-state index in [9.17, 15) is 13.2 Å². The quantitative estimate of drug-likeness (QED) is 0.471. The fourth-order valence-corrected chi connectivity index (χ4v) is 4.42. The molecule has 8 heteroatoms. The summed E-state index contributed by atoms with van der Waals surface area (Å²) in [6, 6.07) is 19.5. The molecule has 0 unspecified atom stereocenters. The number of thiazole rings is 1.